The average molecular weight is 783 g/mol. The molecule has 1 aromatic heterocycles. The fraction of sp³-hybridized carbons (Fsp3) is 0.526. The van der Waals surface area contributed by atoms with Gasteiger partial charge in [-0.3, -0.25) is 18.4 Å². The molecule has 2 aliphatic heterocycles. The van der Waals surface area contributed by atoms with Crippen LogP contribution in [0.2, 0.25) is 0 Å². The summed E-state index contributed by atoms with van der Waals surface area (Å²) in [5, 5.41) is 11.6. The van der Waals surface area contributed by atoms with Crippen LogP contribution in [0.1, 0.15) is 83.3 Å². The summed E-state index contributed by atoms with van der Waals surface area (Å²) in [6, 6.07) is 9.56. The number of amides is 3. The van der Waals surface area contributed by atoms with Gasteiger partial charge in [0.1, 0.15) is 17.6 Å². The Morgan fingerprint density at radius 2 is 1.84 bits per heavy atom. The van der Waals surface area contributed by atoms with Gasteiger partial charge in [0.2, 0.25) is 5.91 Å². The van der Waals surface area contributed by atoms with E-state index in [0.29, 0.717) is 28.8 Å². The molecule has 0 radical (unpaired) electrons. The van der Waals surface area contributed by atoms with Crippen LogP contribution in [0.4, 0.5) is 29.3 Å². The lowest BCUT2D eigenvalue weighted by molar-refractivity contribution is -0.199. The maximum absolute atomic E-state index is 14.4. The molecular weight excluding hydrogens is 736 g/mol. The van der Waals surface area contributed by atoms with Crippen molar-refractivity contribution in [3.63, 3.8) is 0 Å². The van der Waals surface area contributed by atoms with Gasteiger partial charge in [-0.25, -0.2) is 9.78 Å². The standard InChI is InChI=1S/C38H46BF3N6O6S/c1-7-30(39-53-29-17-23-16-28(35(23,2)3)37(29,5)54-39)46-31(49)26-18-36(4,47-34(51)45-24-13-8-9-14-27(24)55(6)52)33-44-20-25(32(50)48(26)33)43-19-21-11-10-12-22(15-21)38(40,41)42/h8-15,20,23,26,28-30,43H,7,16-19H2,1-6H3,(H,46,49)(H2,45,47,51)/t23-,26-,28-,29+,30-,36+,37-,55?/m0/s1. The molecule has 3 aliphatic carbocycles. The Morgan fingerprint density at radius 3 is 2.53 bits per heavy atom. The fourth-order valence-corrected chi connectivity index (χ4v) is 9.87. The minimum Gasteiger partial charge on any atom is -0.404 e. The topological polar surface area (TPSA) is 153 Å². The summed E-state index contributed by atoms with van der Waals surface area (Å²) in [6.07, 6.45) is 0.450. The number of fused-ring (bicyclic) bond motifs is 1. The molecule has 1 saturated heterocycles. The van der Waals surface area contributed by atoms with E-state index in [2.05, 4.69) is 47.0 Å². The van der Waals surface area contributed by atoms with Crippen LogP contribution in [-0.2, 0) is 43.2 Å². The Morgan fingerprint density at radius 1 is 1.09 bits per heavy atom. The van der Waals surface area contributed by atoms with Crippen LogP contribution in [0.15, 0.2) is 64.4 Å². The number of anilines is 2. The lowest BCUT2D eigenvalue weighted by Crippen LogP contribution is -2.65. The van der Waals surface area contributed by atoms with Crippen molar-refractivity contribution in [2.75, 3.05) is 16.9 Å². The normalized spacial score (nSPS) is 28.6. The number of urea groups is 1. The summed E-state index contributed by atoms with van der Waals surface area (Å²) in [4.78, 5) is 47.0. The number of hydrogen-bond acceptors (Lipinski definition) is 8. The van der Waals surface area contributed by atoms with Gasteiger partial charge < -0.3 is 30.6 Å². The predicted molar refractivity (Wildman–Crippen MR) is 202 cm³/mol. The first-order valence-electron chi connectivity index (χ1n) is 18.5. The molecule has 8 rings (SSSR count). The highest BCUT2D eigenvalue weighted by atomic mass is 32.2. The van der Waals surface area contributed by atoms with Gasteiger partial charge in [-0.15, -0.1) is 0 Å². The Bertz CT molecular complexity index is 2100. The van der Waals surface area contributed by atoms with E-state index in [1.807, 2.05) is 6.92 Å². The number of benzene rings is 2. The molecule has 5 aliphatic rings. The van der Waals surface area contributed by atoms with Gasteiger partial charge in [-0.1, -0.05) is 45.0 Å². The minimum atomic E-state index is -4.54. The van der Waals surface area contributed by atoms with E-state index in [0.717, 1.165) is 25.0 Å². The second-order valence-corrected chi connectivity index (χ2v) is 17.5. The number of nitrogens with zero attached hydrogens (tertiary/aromatic N) is 2. The van der Waals surface area contributed by atoms with E-state index in [1.54, 1.807) is 31.2 Å². The van der Waals surface area contributed by atoms with Gasteiger partial charge in [-0.2, -0.15) is 13.2 Å². The van der Waals surface area contributed by atoms with Gasteiger partial charge in [0.15, 0.2) is 0 Å². The third kappa shape index (κ3) is 6.96. The molecule has 294 valence electrons. The van der Waals surface area contributed by atoms with Gasteiger partial charge in [0.25, 0.3) is 5.56 Å². The van der Waals surface area contributed by atoms with E-state index < -0.39 is 70.3 Å². The van der Waals surface area contributed by atoms with E-state index >= 15 is 0 Å². The Labute approximate surface area is 320 Å². The van der Waals surface area contributed by atoms with E-state index in [4.69, 9.17) is 9.31 Å². The zero-order valence-corrected chi connectivity index (χ0v) is 32.4. The van der Waals surface area contributed by atoms with Crippen molar-refractivity contribution in [3.05, 3.63) is 82.0 Å². The van der Waals surface area contributed by atoms with Gasteiger partial charge in [-0.05, 0) is 80.2 Å². The number of aromatic nitrogens is 2. The highest BCUT2D eigenvalue weighted by molar-refractivity contribution is 7.84. The van der Waals surface area contributed by atoms with Crippen LogP contribution in [0, 0.1) is 17.3 Å². The summed E-state index contributed by atoms with van der Waals surface area (Å²) in [5.74, 6) is -0.108. The summed E-state index contributed by atoms with van der Waals surface area (Å²) in [6.45, 7) is 10.1. The number of rotatable bonds is 10. The van der Waals surface area contributed by atoms with E-state index in [1.165, 1.54) is 29.2 Å². The molecule has 1 unspecified atom stereocenters. The minimum absolute atomic E-state index is 0.0416. The molecule has 0 spiro atoms. The molecule has 3 saturated carbocycles. The van der Waals surface area contributed by atoms with Crippen molar-refractivity contribution in [1.82, 2.24) is 20.2 Å². The number of carbonyl (C=O) groups excluding carboxylic acids is 2. The smallest absolute Gasteiger partial charge is 0.404 e. The lowest BCUT2D eigenvalue weighted by atomic mass is 9.43. The SMILES string of the molecule is CC[C@H](NC(=O)[C@@H]1C[C@@](C)(NC(=O)Nc2ccccc2S(C)=O)c2ncc(NCc3cccc(C(F)(F)F)c3)c(=O)n21)B1O[C@@H]2C[C@@H]3C[C@@H](C3(C)C)[C@]2(C)O1. The number of alkyl halides is 3. The quantitative estimate of drug-likeness (QED) is 0.190. The Kier molecular flexibility index (Phi) is 9.98. The molecule has 8 atom stereocenters. The molecule has 12 nitrogen and oxygen atoms in total. The van der Waals surface area contributed by atoms with Gasteiger partial charge in [0.05, 0.1) is 56.3 Å². The zero-order valence-electron chi connectivity index (χ0n) is 31.6. The van der Waals surface area contributed by atoms with Crippen molar-refractivity contribution in [1.29, 1.82) is 0 Å². The molecule has 2 aromatic carbocycles. The van der Waals surface area contributed by atoms with Crippen LogP contribution in [0.3, 0.4) is 0 Å². The summed E-state index contributed by atoms with van der Waals surface area (Å²) in [7, 11) is -2.11. The number of hydrogen-bond donors (Lipinski definition) is 4. The summed E-state index contributed by atoms with van der Waals surface area (Å²) < 4.78 is 66.8. The number of carbonyl (C=O) groups is 2. The highest BCUT2D eigenvalue weighted by Gasteiger charge is 2.68. The van der Waals surface area contributed by atoms with Crippen LogP contribution in [-0.4, -0.2) is 56.7 Å². The second kappa shape index (κ2) is 14.1. The molecule has 4 fully saturated rings. The lowest BCUT2D eigenvalue weighted by Gasteiger charge is -2.64. The van der Waals surface area contributed by atoms with Crippen LogP contribution >= 0.6 is 0 Å². The van der Waals surface area contributed by atoms with E-state index in [9.17, 15) is 31.8 Å². The average Bonchev–Trinajstić information content (AvgIpc) is 3.64. The first-order valence-corrected chi connectivity index (χ1v) is 20.1. The van der Waals surface area contributed by atoms with Gasteiger partial charge >= 0.3 is 19.3 Å². The molecule has 3 heterocycles. The fourth-order valence-electron chi connectivity index (χ4n) is 9.17. The molecule has 17 heteroatoms. The molecule has 55 heavy (non-hydrogen) atoms. The van der Waals surface area contributed by atoms with Crippen molar-refractivity contribution in [2.45, 2.75) is 107 Å². The highest BCUT2D eigenvalue weighted by Crippen LogP contribution is 2.65. The largest absolute Gasteiger partial charge is 0.481 e. The number of halogens is 3. The van der Waals surface area contributed by atoms with Crippen LogP contribution in [0.5, 0.6) is 0 Å². The first-order chi connectivity index (χ1) is 25.9. The maximum Gasteiger partial charge on any atom is 0.481 e. The first kappa shape index (κ1) is 39.0. The zero-order chi connectivity index (χ0) is 39.7. The summed E-state index contributed by atoms with van der Waals surface area (Å²) >= 11 is 0. The third-order valence-corrected chi connectivity index (χ3v) is 13.3. The summed E-state index contributed by atoms with van der Waals surface area (Å²) in [5.41, 5.74) is -2.62. The molecule has 2 bridgehead atoms. The van der Waals surface area contributed by atoms with Crippen molar-refractivity contribution in [3.8, 4) is 0 Å². The monoisotopic (exact) mass is 782 g/mol. The van der Waals surface area contributed by atoms with Crippen molar-refractivity contribution < 1.29 is 36.3 Å². The predicted octanol–water partition coefficient (Wildman–Crippen LogP) is 5.76. The second-order valence-electron chi connectivity index (χ2n) is 16.2. The number of para-hydroxylation sites is 1. The van der Waals surface area contributed by atoms with Crippen molar-refractivity contribution in [2.24, 2.45) is 17.3 Å². The number of nitrogens with one attached hydrogen (secondary N) is 4. The van der Waals surface area contributed by atoms with Crippen LogP contribution < -0.4 is 26.8 Å². The van der Waals surface area contributed by atoms with Gasteiger partial charge in [0, 0.05) is 19.2 Å². The molecule has 3 aromatic rings. The molecule has 4 N–H and O–H groups in total. The molecular formula is C38H46BF3N6O6S. The maximum atomic E-state index is 14.4. The van der Waals surface area contributed by atoms with Crippen molar-refractivity contribution >= 4 is 41.2 Å². The Hall–Kier alpha value is -4.22. The third-order valence-electron chi connectivity index (χ3n) is 12.3. The molecule has 3 amide bonds. The Balaban J connectivity index is 1.16. The van der Waals surface area contributed by atoms with E-state index in [-0.39, 0.29) is 41.6 Å². The van der Waals surface area contributed by atoms with Crippen LogP contribution in [0.25, 0.3) is 0 Å².